The van der Waals surface area contributed by atoms with Crippen molar-refractivity contribution in [1.29, 1.82) is 0 Å². The summed E-state index contributed by atoms with van der Waals surface area (Å²) in [4.78, 5) is 21.4. The summed E-state index contributed by atoms with van der Waals surface area (Å²) in [6.45, 7) is 6.91. The van der Waals surface area contributed by atoms with E-state index in [4.69, 9.17) is 5.11 Å². The van der Waals surface area contributed by atoms with Crippen LogP contribution in [0.4, 0.5) is 0 Å². The highest BCUT2D eigenvalue weighted by Crippen LogP contribution is 2.20. The monoisotopic (exact) mass is 187 g/mol. The van der Waals surface area contributed by atoms with Crippen molar-refractivity contribution in [1.82, 2.24) is 5.32 Å². The predicted molar refractivity (Wildman–Crippen MR) is 49.3 cm³/mol. The fraction of sp³-hybridized carbons (Fsp3) is 0.778. The molecule has 13 heavy (non-hydrogen) atoms. The van der Waals surface area contributed by atoms with Gasteiger partial charge in [-0.25, -0.2) is 0 Å². The molecule has 1 unspecified atom stereocenters. The Labute approximate surface area is 78.3 Å². The van der Waals surface area contributed by atoms with E-state index in [-0.39, 0.29) is 18.2 Å². The van der Waals surface area contributed by atoms with E-state index in [2.05, 4.69) is 5.32 Å². The number of carboxylic acids is 1. The highest BCUT2D eigenvalue weighted by Gasteiger charge is 2.31. The molecule has 0 saturated carbocycles. The molecule has 0 aromatic heterocycles. The molecule has 0 aliphatic rings. The summed E-state index contributed by atoms with van der Waals surface area (Å²) in [5, 5.41) is 11.3. The van der Waals surface area contributed by atoms with Gasteiger partial charge in [0.2, 0.25) is 5.91 Å². The molecule has 0 fully saturated rings. The van der Waals surface area contributed by atoms with Crippen molar-refractivity contribution in [2.45, 2.75) is 39.7 Å². The first-order chi connectivity index (χ1) is 5.78. The molecule has 0 aromatic rings. The number of carboxylic acid groups (broad SMARTS) is 1. The number of nitrogens with one attached hydrogen (secondary N) is 1. The van der Waals surface area contributed by atoms with Crippen LogP contribution in [0.25, 0.3) is 0 Å². The van der Waals surface area contributed by atoms with E-state index >= 15 is 0 Å². The van der Waals surface area contributed by atoms with Gasteiger partial charge < -0.3 is 10.4 Å². The van der Waals surface area contributed by atoms with Gasteiger partial charge in [0.1, 0.15) is 0 Å². The van der Waals surface area contributed by atoms with Crippen LogP contribution in [-0.2, 0) is 9.59 Å². The van der Waals surface area contributed by atoms with Gasteiger partial charge in [0.05, 0.1) is 6.42 Å². The number of amides is 1. The van der Waals surface area contributed by atoms with Gasteiger partial charge in [-0.1, -0.05) is 13.8 Å². The van der Waals surface area contributed by atoms with Gasteiger partial charge in [0, 0.05) is 12.5 Å². The van der Waals surface area contributed by atoms with Gasteiger partial charge in [-0.2, -0.15) is 0 Å². The molecule has 1 atom stereocenters. The lowest BCUT2D eigenvalue weighted by atomic mass is 9.85. The van der Waals surface area contributed by atoms with E-state index in [0.717, 1.165) is 0 Å². The van der Waals surface area contributed by atoms with E-state index in [9.17, 15) is 9.59 Å². The van der Waals surface area contributed by atoms with Gasteiger partial charge >= 0.3 is 5.97 Å². The molecule has 4 nitrogen and oxygen atoms in total. The molecule has 0 saturated heterocycles. The van der Waals surface area contributed by atoms with Crippen LogP contribution in [0.15, 0.2) is 0 Å². The maximum absolute atomic E-state index is 10.8. The van der Waals surface area contributed by atoms with Crippen molar-refractivity contribution in [3.8, 4) is 0 Å². The van der Waals surface area contributed by atoms with Crippen molar-refractivity contribution in [3.63, 3.8) is 0 Å². The molecule has 0 aliphatic heterocycles. The Balaban J connectivity index is 4.52. The Morgan fingerprint density at radius 2 is 1.92 bits per heavy atom. The molecule has 0 bridgehead atoms. The number of rotatable bonds is 4. The third-order valence-electron chi connectivity index (χ3n) is 2.25. The summed E-state index contributed by atoms with van der Waals surface area (Å²) in [6.07, 6.45) is -0.0513. The minimum atomic E-state index is -0.898. The Morgan fingerprint density at radius 3 is 2.15 bits per heavy atom. The van der Waals surface area contributed by atoms with Crippen LogP contribution in [0.1, 0.15) is 34.1 Å². The Bertz CT molecular complexity index is 195. The summed E-state index contributed by atoms with van der Waals surface area (Å²) in [7, 11) is 0. The van der Waals surface area contributed by atoms with Crippen LogP contribution in [-0.4, -0.2) is 22.5 Å². The molecule has 4 heteroatoms. The predicted octanol–water partition coefficient (Wildman–Crippen LogP) is 1.01. The van der Waals surface area contributed by atoms with Crippen molar-refractivity contribution in [3.05, 3.63) is 0 Å². The van der Waals surface area contributed by atoms with Crippen LogP contribution in [0, 0.1) is 5.92 Å². The van der Waals surface area contributed by atoms with Crippen LogP contribution < -0.4 is 5.32 Å². The third-order valence-corrected chi connectivity index (χ3v) is 2.25. The largest absolute Gasteiger partial charge is 0.481 e. The Hall–Kier alpha value is -1.06. The third kappa shape index (κ3) is 3.92. The summed E-state index contributed by atoms with van der Waals surface area (Å²) in [5.74, 6) is -1.00. The first kappa shape index (κ1) is 11.9. The maximum atomic E-state index is 10.8. The lowest BCUT2D eigenvalue weighted by Crippen LogP contribution is -2.50. The van der Waals surface area contributed by atoms with E-state index in [1.807, 2.05) is 13.8 Å². The Kier molecular flexibility index (Phi) is 3.91. The van der Waals surface area contributed by atoms with Crippen molar-refractivity contribution >= 4 is 11.9 Å². The van der Waals surface area contributed by atoms with Crippen LogP contribution in [0.5, 0.6) is 0 Å². The van der Waals surface area contributed by atoms with Gasteiger partial charge in [-0.3, -0.25) is 9.59 Å². The van der Waals surface area contributed by atoms with Gasteiger partial charge in [-0.15, -0.1) is 0 Å². The summed E-state index contributed by atoms with van der Waals surface area (Å²) >= 11 is 0. The first-order valence-corrected chi connectivity index (χ1v) is 4.28. The molecule has 2 N–H and O–H groups in total. The second kappa shape index (κ2) is 4.25. The first-order valence-electron chi connectivity index (χ1n) is 4.28. The molecule has 76 valence electrons. The highest BCUT2D eigenvalue weighted by atomic mass is 16.4. The maximum Gasteiger partial charge on any atom is 0.305 e. The number of hydrogen-bond acceptors (Lipinski definition) is 2. The average molecular weight is 187 g/mol. The lowest BCUT2D eigenvalue weighted by molar-refractivity contribution is -0.139. The topological polar surface area (TPSA) is 66.4 Å². The second-order valence-corrected chi connectivity index (χ2v) is 3.82. The molecule has 0 spiro atoms. The molecule has 0 radical (unpaired) electrons. The summed E-state index contributed by atoms with van der Waals surface area (Å²) < 4.78 is 0. The highest BCUT2D eigenvalue weighted by molar-refractivity contribution is 5.76. The van der Waals surface area contributed by atoms with Crippen LogP contribution in [0.3, 0.4) is 0 Å². The van der Waals surface area contributed by atoms with Crippen LogP contribution in [0.2, 0.25) is 0 Å². The van der Waals surface area contributed by atoms with Crippen LogP contribution >= 0.6 is 0 Å². The Morgan fingerprint density at radius 1 is 1.46 bits per heavy atom. The zero-order valence-electron chi connectivity index (χ0n) is 8.55. The van der Waals surface area contributed by atoms with Crippen molar-refractivity contribution in [2.75, 3.05) is 0 Å². The number of hydrogen-bond donors (Lipinski definition) is 2. The summed E-state index contributed by atoms with van der Waals surface area (Å²) in [6, 6.07) is 0. The molecular weight excluding hydrogens is 170 g/mol. The molecule has 0 rings (SSSR count). The van der Waals surface area contributed by atoms with E-state index in [1.165, 1.54) is 6.92 Å². The minimum Gasteiger partial charge on any atom is -0.481 e. The number of aliphatic carboxylic acids is 1. The molecular formula is C9H17NO3. The zero-order chi connectivity index (χ0) is 10.6. The normalized spacial score (nSPS) is 15.2. The van der Waals surface area contributed by atoms with E-state index in [0.29, 0.717) is 0 Å². The average Bonchev–Trinajstić information content (AvgIpc) is 1.82. The SMILES string of the molecule is CC(=O)NC(C)(CC(=O)O)C(C)C. The number of carbonyl (C=O) groups excluding carboxylic acids is 1. The molecule has 0 aliphatic carbocycles. The second-order valence-electron chi connectivity index (χ2n) is 3.82. The zero-order valence-corrected chi connectivity index (χ0v) is 8.55. The quantitative estimate of drug-likeness (QED) is 0.690. The van der Waals surface area contributed by atoms with E-state index in [1.54, 1.807) is 6.92 Å². The minimum absolute atomic E-state index is 0.0513. The van der Waals surface area contributed by atoms with Crippen molar-refractivity contribution in [2.24, 2.45) is 5.92 Å². The van der Waals surface area contributed by atoms with Gasteiger partial charge in [-0.05, 0) is 12.8 Å². The fourth-order valence-electron chi connectivity index (χ4n) is 1.11. The molecule has 1 amide bonds. The van der Waals surface area contributed by atoms with Gasteiger partial charge in [0.25, 0.3) is 0 Å². The smallest absolute Gasteiger partial charge is 0.305 e. The van der Waals surface area contributed by atoms with E-state index < -0.39 is 11.5 Å². The summed E-state index contributed by atoms with van der Waals surface area (Å²) in [5.41, 5.74) is -0.655. The molecule has 0 aromatic carbocycles. The standard InChI is InChI=1S/C9H17NO3/c1-6(2)9(4,5-8(12)13)10-7(3)11/h6H,5H2,1-4H3,(H,10,11)(H,12,13). The lowest BCUT2D eigenvalue weighted by Gasteiger charge is -2.32. The fourth-order valence-corrected chi connectivity index (χ4v) is 1.11. The molecule has 0 heterocycles. The number of carbonyl (C=O) groups is 2. The van der Waals surface area contributed by atoms with Crippen molar-refractivity contribution < 1.29 is 14.7 Å². The van der Waals surface area contributed by atoms with Gasteiger partial charge in [0.15, 0.2) is 0 Å².